The van der Waals surface area contributed by atoms with E-state index in [1.165, 1.54) is 6.07 Å². The van der Waals surface area contributed by atoms with Gasteiger partial charge in [-0.15, -0.1) is 0 Å². The summed E-state index contributed by atoms with van der Waals surface area (Å²) in [5, 5.41) is 3.36. The van der Waals surface area contributed by atoms with Crippen LogP contribution in [0, 0.1) is 0 Å². The maximum Gasteiger partial charge on any atom is 0.251 e. The molecule has 4 heterocycles. The largest absolute Gasteiger partial charge is 0.369 e. The number of hydrogen-bond acceptors (Lipinski definition) is 8. The molecule has 1 aliphatic heterocycles. The van der Waals surface area contributed by atoms with Gasteiger partial charge in [-0.2, -0.15) is 0 Å². The fourth-order valence-corrected chi connectivity index (χ4v) is 3.43. The van der Waals surface area contributed by atoms with Crippen LogP contribution < -0.4 is 15.8 Å². The quantitative estimate of drug-likeness (QED) is 0.607. The fourth-order valence-electron chi connectivity index (χ4n) is 3.43. The third-order valence-electron chi connectivity index (χ3n) is 5.14. The Kier molecular flexibility index (Phi) is 6.29. The van der Waals surface area contributed by atoms with Gasteiger partial charge in [0.15, 0.2) is 0 Å². The highest BCUT2D eigenvalue weighted by molar-refractivity contribution is 5.55. The summed E-state index contributed by atoms with van der Waals surface area (Å²) >= 11 is 0. The van der Waals surface area contributed by atoms with E-state index in [0.717, 1.165) is 68.7 Å². The number of aromatic nitrogens is 5. The van der Waals surface area contributed by atoms with E-state index >= 15 is 0 Å². The standard InChI is InChI=1S/C21H26N8O/c1-2-17-14-19(30)27-20(26-17)16-4-5-18(25-15-16)22-8-9-28-10-12-29(13-11-28)21-23-6-3-7-24-21/h3-7,14-15H,2,8-13H2,1H3,(H,22,25)(H,26,27,30). The molecule has 9 heteroatoms. The fraction of sp³-hybridized carbons (Fsp3) is 0.381. The lowest BCUT2D eigenvalue weighted by atomic mass is 10.2. The summed E-state index contributed by atoms with van der Waals surface area (Å²) < 4.78 is 0. The summed E-state index contributed by atoms with van der Waals surface area (Å²) in [6.07, 6.45) is 6.02. The van der Waals surface area contributed by atoms with Crippen molar-refractivity contribution in [1.82, 2.24) is 29.8 Å². The van der Waals surface area contributed by atoms with Crippen molar-refractivity contribution in [2.24, 2.45) is 0 Å². The summed E-state index contributed by atoms with van der Waals surface area (Å²) in [7, 11) is 0. The zero-order chi connectivity index (χ0) is 20.8. The van der Waals surface area contributed by atoms with Crippen molar-refractivity contribution >= 4 is 11.8 Å². The molecule has 0 spiro atoms. The molecule has 0 aromatic carbocycles. The van der Waals surface area contributed by atoms with Gasteiger partial charge in [0.1, 0.15) is 11.6 Å². The molecule has 0 saturated carbocycles. The van der Waals surface area contributed by atoms with Gasteiger partial charge in [-0.05, 0) is 24.6 Å². The SMILES string of the molecule is CCc1cc(=O)[nH]c(-c2ccc(NCCN3CCN(c4ncccn4)CC3)nc2)n1. The Balaban J connectivity index is 1.25. The average Bonchev–Trinajstić information content (AvgIpc) is 2.80. The Labute approximate surface area is 175 Å². The third kappa shape index (κ3) is 4.98. The topological polar surface area (TPSA) is 103 Å². The van der Waals surface area contributed by atoms with Gasteiger partial charge in [0.05, 0.1) is 0 Å². The summed E-state index contributed by atoms with van der Waals surface area (Å²) in [4.78, 5) is 36.7. The minimum absolute atomic E-state index is 0.141. The van der Waals surface area contributed by atoms with Gasteiger partial charge < -0.3 is 15.2 Å². The first-order valence-corrected chi connectivity index (χ1v) is 10.3. The van der Waals surface area contributed by atoms with Crippen molar-refractivity contribution in [3.63, 3.8) is 0 Å². The second-order valence-electron chi connectivity index (χ2n) is 7.18. The molecule has 30 heavy (non-hydrogen) atoms. The van der Waals surface area contributed by atoms with Crippen LogP contribution in [0.15, 0.2) is 47.7 Å². The van der Waals surface area contributed by atoms with E-state index in [-0.39, 0.29) is 5.56 Å². The Morgan fingerprint density at radius 2 is 1.90 bits per heavy atom. The van der Waals surface area contributed by atoms with E-state index in [0.29, 0.717) is 5.82 Å². The van der Waals surface area contributed by atoms with Crippen LogP contribution in [0.1, 0.15) is 12.6 Å². The molecule has 1 aliphatic rings. The van der Waals surface area contributed by atoms with Crippen LogP contribution >= 0.6 is 0 Å². The van der Waals surface area contributed by atoms with Gasteiger partial charge in [0.25, 0.3) is 5.56 Å². The molecule has 2 N–H and O–H groups in total. The second kappa shape index (κ2) is 9.45. The average molecular weight is 406 g/mol. The zero-order valence-corrected chi connectivity index (χ0v) is 17.1. The molecule has 0 amide bonds. The first-order chi connectivity index (χ1) is 14.7. The van der Waals surface area contributed by atoms with Crippen molar-refractivity contribution in [3.8, 4) is 11.4 Å². The zero-order valence-electron chi connectivity index (χ0n) is 17.1. The van der Waals surface area contributed by atoms with E-state index < -0.39 is 0 Å². The van der Waals surface area contributed by atoms with Crippen LogP contribution in [-0.4, -0.2) is 69.1 Å². The Morgan fingerprint density at radius 3 is 2.60 bits per heavy atom. The summed E-state index contributed by atoms with van der Waals surface area (Å²) in [5.41, 5.74) is 1.43. The van der Waals surface area contributed by atoms with Crippen LogP contribution in [-0.2, 0) is 6.42 Å². The number of piperazine rings is 1. The van der Waals surface area contributed by atoms with Gasteiger partial charge in [0, 0.05) is 75.2 Å². The smallest absolute Gasteiger partial charge is 0.251 e. The number of anilines is 2. The molecule has 9 nitrogen and oxygen atoms in total. The van der Waals surface area contributed by atoms with E-state index in [2.05, 4.69) is 40.0 Å². The van der Waals surface area contributed by atoms with E-state index in [9.17, 15) is 4.79 Å². The number of hydrogen-bond donors (Lipinski definition) is 2. The minimum atomic E-state index is -0.141. The number of nitrogens with one attached hydrogen (secondary N) is 2. The molecule has 0 bridgehead atoms. The lowest BCUT2D eigenvalue weighted by Crippen LogP contribution is -2.48. The van der Waals surface area contributed by atoms with Gasteiger partial charge >= 0.3 is 0 Å². The molecule has 0 aliphatic carbocycles. The molecule has 0 atom stereocenters. The third-order valence-corrected chi connectivity index (χ3v) is 5.14. The monoisotopic (exact) mass is 406 g/mol. The maximum atomic E-state index is 11.8. The molecule has 3 aromatic rings. The summed E-state index contributed by atoms with van der Waals surface area (Å²) in [5.74, 6) is 2.17. The number of aryl methyl sites for hydroxylation is 1. The number of pyridine rings is 1. The summed E-state index contributed by atoms with van der Waals surface area (Å²) in [6, 6.07) is 7.20. The normalized spacial score (nSPS) is 14.6. The van der Waals surface area contributed by atoms with E-state index in [1.807, 2.05) is 25.1 Å². The van der Waals surface area contributed by atoms with Crippen LogP contribution in [0.3, 0.4) is 0 Å². The van der Waals surface area contributed by atoms with Crippen LogP contribution in [0.2, 0.25) is 0 Å². The van der Waals surface area contributed by atoms with Crippen LogP contribution in [0.25, 0.3) is 11.4 Å². The maximum absolute atomic E-state index is 11.8. The first kappa shape index (κ1) is 20.0. The Bertz CT molecular complexity index is 998. The highest BCUT2D eigenvalue weighted by atomic mass is 16.1. The van der Waals surface area contributed by atoms with Crippen molar-refractivity contribution < 1.29 is 0 Å². The lowest BCUT2D eigenvalue weighted by Gasteiger charge is -2.34. The predicted molar refractivity (Wildman–Crippen MR) is 117 cm³/mol. The first-order valence-electron chi connectivity index (χ1n) is 10.3. The molecule has 4 rings (SSSR count). The van der Waals surface area contributed by atoms with Crippen LogP contribution in [0.4, 0.5) is 11.8 Å². The van der Waals surface area contributed by atoms with E-state index in [1.54, 1.807) is 18.6 Å². The van der Waals surface area contributed by atoms with Gasteiger partial charge in [-0.3, -0.25) is 9.69 Å². The van der Waals surface area contributed by atoms with Gasteiger partial charge in [0.2, 0.25) is 5.95 Å². The molecule has 0 unspecified atom stereocenters. The second-order valence-corrected chi connectivity index (χ2v) is 7.18. The lowest BCUT2D eigenvalue weighted by molar-refractivity contribution is 0.266. The van der Waals surface area contributed by atoms with Crippen molar-refractivity contribution in [3.05, 3.63) is 58.9 Å². The Hall–Kier alpha value is -3.33. The molecule has 1 saturated heterocycles. The van der Waals surface area contributed by atoms with Crippen molar-refractivity contribution in [2.45, 2.75) is 13.3 Å². The molecule has 3 aromatic heterocycles. The van der Waals surface area contributed by atoms with E-state index in [4.69, 9.17) is 0 Å². The summed E-state index contributed by atoms with van der Waals surface area (Å²) in [6.45, 7) is 7.57. The number of rotatable bonds is 7. The number of nitrogens with zero attached hydrogens (tertiary/aromatic N) is 6. The number of H-pyrrole nitrogens is 1. The molecule has 1 fully saturated rings. The molecule has 0 radical (unpaired) electrons. The van der Waals surface area contributed by atoms with Gasteiger partial charge in [-0.1, -0.05) is 6.92 Å². The molecular weight excluding hydrogens is 380 g/mol. The molecular formula is C21H26N8O. The predicted octanol–water partition coefficient (Wildman–Crippen LogP) is 1.42. The highest BCUT2D eigenvalue weighted by Crippen LogP contribution is 2.15. The highest BCUT2D eigenvalue weighted by Gasteiger charge is 2.18. The molecule has 156 valence electrons. The van der Waals surface area contributed by atoms with Gasteiger partial charge in [-0.25, -0.2) is 19.9 Å². The van der Waals surface area contributed by atoms with Crippen molar-refractivity contribution in [2.75, 3.05) is 49.5 Å². The van der Waals surface area contributed by atoms with Crippen LogP contribution in [0.5, 0.6) is 0 Å². The Morgan fingerprint density at radius 1 is 1.10 bits per heavy atom. The minimum Gasteiger partial charge on any atom is -0.369 e. The van der Waals surface area contributed by atoms with Crippen molar-refractivity contribution in [1.29, 1.82) is 0 Å². The number of aromatic amines is 1.